The largest absolute Gasteiger partial charge is 0.199 e. The molecule has 0 saturated heterocycles. The van der Waals surface area contributed by atoms with E-state index in [-0.39, 0.29) is 11.0 Å². The summed E-state index contributed by atoms with van der Waals surface area (Å²) in [6.45, 7) is 0. The maximum atomic E-state index is 9.50. The fraction of sp³-hybridized carbons (Fsp3) is 0. The van der Waals surface area contributed by atoms with Crippen molar-refractivity contribution >= 4 is 11.0 Å². The van der Waals surface area contributed by atoms with Gasteiger partial charge in [0.15, 0.2) is 5.57 Å². The quantitative estimate of drug-likeness (QED) is 0.295. The Balaban J connectivity index is 0. The summed E-state index contributed by atoms with van der Waals surface area (Å²) in [7, 11) is 0. The van der Waals surface area contributed by atoms with E-state index < -0.39 is 5.57 Å². The Morgan fingerprint density at radius 1 is 1.00 bits per heavy atom. The van der Waals surface area contributed by atoms with Gasteiger partial charge in [0.25, 0.3) is 0 Å². The summed E-state index contributed by atoms with van der Waals surface area (Å²) in [6, 6.07) is 0. The minimum absolute atomic E-state index is 0. The summed E-state index contributed by atoms with van der Waals surface area (Å²) in [5, 5.41) is 0. The lowest BCUT2D eigenvalue weighted by molar-refractivity contribution is -0.295. The van der Waals surface area contributed by atoms with Gasteiger partial charge >= 0.3 is 0 Å². The van der Waals surface area contributed by atoms with Crippen LogP contribution in [-0.2, 0) is 0 Å². The molecule has 0 aromatic heterocycles. The van der Waals surface area contributed by atoms with Gasteiger partial charge in [0, 0.05) is 0 Å². The Hall–Kier alpha value is -0.0331. The monoisotopic (exact) mass is 103 g/mol. The Kier molecular flexibility index (Phi) is 7.04. The lowest BCUT2D eigenvalue weighted by Gasteiger charge is -1.67. The fourth-order valence-corrected chi connectivity index (χ4v) is 0. The molecule has 0 spiro atoms. The Morgan fingerprint density at radius 3 is 1.00 bits per heavy atom. The number of rotatable bonds is 0. The first-order valence-corrected chi connectivity index (χ1v) is 0.507. The summed E-state index contributed by atoms with van der Waals surface area (Å²) < 4.78 is 28.5. The molecule has 0 radical (unpaired) electrons. The van der Waals surface area contributed by atoms with Crippen molar-refractivity contribution in [1.82, 2.24) is 5.57 Å². The molecule has 0 aliphatic carbocycles. The average molecular weight is 103 g/mol. The second-order valence-electron chi connectivity index (χ2n) is 0.192. The fourth-order valence-electron chi connectivity index (χ4n) is 0. The van der Waals surface area contributed by atoms with E-state index in [0.717, 1.165) is 0 Å². The van der Waals surface area contributed by atoms with Gasteiger partial charge in [-0.3, -0.25) is 0 Å². The van der Waals surface area contributed by atoms with E-state index in [4.69, 9.17) is 0 Å². The van der Waals surface area contributed by atoms with Crippen molar-refractivity contribution in [3.63, 3.8) is 0 Å². The second-order valence-corrected chi connectivity index (χ2v) is 0.192. The van der Waals surface area contributed by atoms with E-state index in [0.29, 0.717) is 0 Å². The van der Waals surface area contributed by atoms with E-state index in [2.05, 4.69) is 0 Å². The lowest BCUT2D eigenvalue weighted by Crippen LogP contribution is -1.72. The molecule has 0 N–H and O–H groups in total. The predicted molar refractivity (Wildman–Crippen MR) is 16.5 cm³/mol. The van der Waals surface area contributed by atoms with E-state index in [1.807, 2.05) is 0 Å². The van der Waals surface area contributed by atoms with Crippen LogP contribution in [0.1, 0.15) is 0 Å². The molecule has 0 aliphatic rings. The van der Waals surface area contributed by atoms with Crippen molar-refractivity contribution in [3.8, 4) is 0 Å². The number of hydrogen-bond acceptors (Lipinski definition) is 1. The summed E-state index contributed by atoms with van der Waals surface area (Å²) in [6.07, 6.45) is 0. The van der Waals surface area contributed by atoms with Gasteiger partial charge in [-0.25, -0.2) is 0 Å². The molecule has 0 aromatic carbocycles. The maximum absolute atomic E-state index is 9.50. The van der Waals surface area contributed by atoms with E-state index >= 15 is 0 Å². The summed E-state index contributed by atoms with van der Waals surface area (Å²) >= 11 is 0. The zero-order valence-electron chi connectivity index (χ0n) is 1.58. The van der Waals surface area contributed by atoms with Crippen molar-refractivity contribution in [2.24, 2.45) is 0 Å². The van der Waals surface area contributed by atoms with Crippen LogP contribution >= 0.6 is 0 Å². The standard InChI is InChI=1S/F3N.H4Si/c1-4(2)3;/h;1H4. The van der Waals surface area contributed by atoms with E-state index in [1.54, 1.807) is 0 Å². The summed E-state index contributed by atoms with van der Waals surface area (Å²) in [5.74, 6) is 0. The van der Waals surface area contributed by atoms with Crippen LogP contribution in [0.2, 0.25) is 0 Å². The molecule has 0 aliphatic heterocycles. The van der Waals surface area contributed by atoms with Crippen LogP contribution in [0.15, 0.2) is 0 Å². The molecule has 5 heteroatoms. The van der Waals surface area contributed by atoms with Crippen molar-refractivity contribution in [3.05, 3.63) is 0 Å². The first kappa shape index (κ1) is 8.88. The van der Waals surface area contributed by atoms with Crippen LogP contribution in [-0.4, -0.2) is 16.5 Å². The molecule has 0 amide bonds. The molecule has 5 heavy (non-hydrogen) atoms. The Bertz CT molecular complexity index is 11.6. The van der Waals surface area contributed by atoms with Gasteiger partial charge < -0.3 is 0 Å². The van der Waals surface area contributed by atoms with Crippen LogP contribution in [0.25, 0.3) is 0 Å². The highest BCUT2D eigenvalue weighted by atomic mass is 28.1. The number of hydrogen-bond donors (Lipinski definition) is 0. The van der Waals surface area contributed by atoms with Gasteiger partial charge in [0.05, 0.1) is 0 Å². The minimum atomic E-state index is -2.50. The van der Waals surface area contributed by atoms with Crippen LogP contribution in [0.3, 0.4) is 0 Å². The molecule has 0 heterocycles. The van der Waals surface area contributed by atoms with Gasteiger partial charge in [-0.15, -0.1) is 0 Å². The highest BCUT2D eigenvalue weighted by Gasteiger charge is 1.80. The molecular formula is H4F3NSi. The topological polar surface area (TPSA) is 3.24 Å². The van der Waals surface area contributed by atoms with Gasteiger partial charge in [0.1, 0.15) is 0 Å². The van der Waals surface area contributed by atoms with E-state index in [9.17, 15) is 13.4 Å². The number of nitrogens with zero attached hydrogens (tertiary/aromatic N) is 1. The van der Waals surface area contributed by atoms with Crippen molar-refractivity contribution in [2.45, 2.75) is 0 Å². The van der Waals surface area contributed by atoms with Crippen molar-refractivity contribution in [1.29, 1.82) is 0 Å². The third-order valence-electron chi connectivity index (χ3n) is 0. The molecule has 0 rings (SSSR count). The summed E-state index contributed by atoms with van der Waals surface area (Å²) in [4.78, 5) is 0. The average Bonchev–Trinajstić information content (AvgIpc) is 0.811. The molecule has 0 fully saturated rings. The number of halogens is 3. The summed E-state index contributed by atoms with van der Waals surface area (Å²) in [5.41, 5.74) is -2.50. The Morgan fingerprint density at radius 2 is 1.00 bits per heavy atom. The molecule has 0 bridgehead atoms. The highest BCUT2D eigenvalue weighted by Crippen LogP contribution is 1.82. The zero-order chi connectivity index (χ0) is 3.58. The first-order valence-electron chi connectivity index (χ1n) is 0.507. The highest BCUT2D eigenvalue weighted by molar-refractivity contribution is 5.75. The zero-order valence-corrected chi connectivity index (χ0v) is 1.58. The predicted octanol–water partition coefficient (Wildman–Crippen LogP) is -0.510. The maximum Gasteiger partial charge on any atom is 0.199 e. The molecule has 0 atom stereocenters. The van der Waals surface area contributed by atoms with Crippen LogP contribution in [0.5, 0.6) is 0 Å². The van der Waals surface area contributed by atoms with Crippen LogP contribution in [0, 0.1) is 0 Å². The van der Waals surface area contributed by atoms with Crippen LogP contribution < -0.4 is 0 Å². The second kappa shape index (κ2) is 3.97. The third-order valence-corrected chi connectivity index (χ3v) is 0. The normalized spacial score (nSPS) is 7.20. The minimum Gasteiger partial charge on any atom is -0.0662 e. The SMILES string of the molecule is FN(F)F.[SiH4]. The smallest absolute Gasteiger partial charge is 0.0662 e. The van der Waals surface area contributed by atoms with Crippen LogP contribution in [0.4, 0.5) is 13.4 Å². The van der Waals surface area contributed by atoms with Gasteiger partial charge in [0.2, 0.25) is 0 Å². The first-order chi connectivity index (χ1) is 1.73. The van der Waals surface area contributed by atoms with Gasteiger partial charge in [-0.05, 0) is 11.0 Å². The van der Waals surface area contributed by atoms with Gasteiger partial charge in [-0.1, -0.05) is 13.4 Å². The molecule has 0 saturated carbocycles. The lowest BCUT2D eigenvalue weighted by atomic mass is 13.5. The van der Waals surface area contributed by atoms with Gasteiger partial charge in [-0.2, -0.15) is 0 Å². The third kappa shape index (κ3) is 14000. The molecule has 34 valence electrons. The molecule has 0 unspecified atom stereocenters. The molecule has 1 nitrogen and oxygen atoms in total. The van der Waals surface area contributed by atoms with Crippen molar-refractivity contribution < 1.29 is 13.4 Å². The Labute approximate surface area is 31.2 Å². The van der Waals surface area contributed by atoms with E-state index in [1.165, 1.54) is 0 Å². The van der Waals surface area contributed by atoms with Crippen molar-refractivity contribution in [2.75, 3.05) is 0 Å². The molecule has 0 aromatic rings. The molecular weight excluding hydrogens is 99.1 g/mol.